The summed E-state index contributed by atoms with van der Waals surface area (Å²) in [6, 6.07) is 9.51. The zero-order valence-electron chi connectivity index (χ0n) is 17.0. The number of alkyl halides is 3. The highest BCUT2D eigenvalue weighted by Gasteiger charge is 2.36. The summed E-state index contributed by atoms with van der Waals surface area (Å²) in [5.41, 5.74) is 0.247. The molecule has 0 saturated heterocycles. The maximum Gasteiger partial charge on any atom is 0.416 e. The first-order valence-corrected chi connectivity index (χ1v) is 11.2. The predicted molar refractivity (Wildman–Crippen MR) is 114 cm³/mol. The molecule has 0 fully saturated rings. The SMILES string of the molecule is Cc1cccc(-c2ccc3c(c2)N(S(=O)(=O)C2=CCC=CC(C(F)(F)F)=C2)CCO3)c1F. The molecule has 2 aliphatic rings. The molecule has 4 nitrogen and oxygen atoms in total. The van der Waals surface area contributed by atoms with E-state index in [0.29, 0.717) is 17.2 Å². The van der Waals surface area contributed by atoms with Gasteiger partial charge in [0.25, 0.3) is 10.0 Å². The van der Waals surface area contributed by atoms with E-state index in [1.165, 1.54) is 24.3 Å². The number of fused-ring (bicyclic) bond motifs is 1. The van der Waals surface area contributed by atoms with Gasteiger partial charge < -0.3 is 4.74 Å². The Hall–Kier alpha value is -3.07. The smallest absolute Gasteiger partial charge is 0.416 e. The number of benzene rings is 2. The number of anilines is 1. The molecule has 0 unspecified atom stereocenters. The van der Waals surface area contributed by atoms with E-state index < -0.39 is 32.5 Å². The van der Waals surface area contributed by atoms with E-state index in [-0.39, 0.29) is 36.6 Å². The van der Waals surface area contributed by atoms with Gasteiger partial charge in [-0.2, -0.15) is 13.2 Å². The van der Waals surface area contributed by atoms with Crippen LogP contribution in [0.1, 0.15) is 12.0 Å². The molecule has 0 spiro atoms. The molecule has 2 aromatic rings. The van der Waals surface area contributed by atoms with Crippen LogP contribution >= 0.6 is 0 Å². The number of halogens is 4. The van der Waals surface area contributed by atoms with Crippen molar-refractivity contribution in [3.8, 4) is 16.9 Å². The molecule has 0 amide bonds. The first-order valence-electron chi connectivity index (χ1n) is 9.80. The minimum Gasteiger partial charge on any atom is -0.489 e. The Morgan fingerprint density at radius 1 is 1.12 bits per heavy atom. The van der Waals surface area contributed by atoms with E-state index in [1.54, 1.807) is 31.2 Å². The van der Waals surface area contributed by atoms with E-state index in [4.69, 9.17) is 4.74 Å². The van der Waals surface area contributed by atoms with Crippen molar-refractivity contribution in [1.82, 2.24) is 0 Å². The molecule has 9 heteroatoms. The maximum atomic E-state index is 14.6. The molecule has 1 aliphatic carbocycles. The molecule has 0 aromatic heterocycles. The second kappa shape index (κ2) is 8.12. The average Bonchev–Trinajstić information content (AvgIpc) is 3.02. The molecule has 1 heterocycles. The van der Waals surface area contributed by atoms with E-state index in [9.17, 15) is 26.0 Å². The minimum atomic E-state index is -4.69. The summed E-state index contributed by atoms with van der Waals surface area (Å²) in [4.78, 5) is -0.449. The van der Waals surface area contributed by atoms with Crippen LogP contribution in [0.2, 0.25) is 0 Å². The number of ether oxygens (including phenoxy) is 1. The van der Waals surface area contributed by atoms with Gasteiger partial charge in [-0.25, -0.2) is 12.8 Å². The van der Waals surface area contributed by atoms with Crippen LogP contribution < -0.4 is 9.04 Å². The Morgan fingerprint density at radius 2 is 1.91 bits per heavy atom. The van der Waals surface area contributed by atoms with Gasteiger partial charge in [0.2, 0.25) is 0 Å². The molecule has 0 atom stereocenters. The minimum absolute atomic E-state index is 0.0335. The molecular formula is C23H19F4NO3S. The number of sulfonamides is 1. The lowest BCUT2D eigenvalue weighted by Crippen LogP contribution is -2.38. The zero-order valence-corrected chi connectivity index (χ0v) is 17.8. The fourth-order valence-corrected chi connectivity index (χ4v) is 5.16. The van der Waals surface area contributed by atoms with Crippen LogP contribution in [0.25, 0.3) is 11.1 Å². The normalized spacial score (nSPS) is 16.6. The van der Waals surface area contributed by atoms with Crippen LogP contribution in [0.3, 0.4) is 0 Å². The molecule has 4 rings (SSSR count). The number of allylic oxidation sites excluding steroid dienone is 5. The molecular weight excluding hydrogens is 446 g/mol. The average molecular weight is 465 g/mol. The molecule has 0 N–H and O–H groups in total. The Balaban J connectivity index is 1.80. The largest absolute Gasteiger partial charge is 0.489 e. The number of rotatable bonds is 3. The first-order chi connectivity index (χ1) is 15.1. The Bertz CT molecular complexity index is 1260. The summed E-state index contributed by atoms with van der Waals surface area (Å²) < 4.78 is 87.8. The van der Waals surface area contributed by atoms with Gasteiger partial charge >= 0.3 is 6.18 Å². The van der Waals surface area contributed by atoms with Gasteiger partial charge in [-0.3, -0.25) is 4.31 Å². The van der Waals surface area contributed by atoms with Gasteiger partial charge in [0, 0.05) is 5.56 Å². The third kappa shape index (κ3) is 4.04. The number of aryl methyl sites for hydroxylation is 1. The van der Waals surface area contributed by atoms with E-state index in [1.807, 2.05) is 0 Å². The lowest BCUT2D eigenvalue weighted by atomic mass is 10.0. The van der Waals surface area contributed by atoms with Crippen LogP contribution in [0.5, 0.6) is 5.75 Å². The molecule has 1 aliphatic heterocycles. The number of hydrogen-bond donors (Lipinski definition) is 0. The zero-order chi connectivity index (χ0) is 23.1. The van der Waals surface area contributed by atoms with Crippen LogP contribution in [0, 0.1) is 12.7 Å². The van der Waals surface area contributed by atoms with Gasteiger partial charge in [-0.1, -0.05) is 42.5 Å². The molecule has 0 radical (unpaired) electrons. The van der Waals surface area contributed by atoms with Crippen molar-refractivity contribution in [3.63, 3.8) is 0 Å². The monoisotopic (exact) mass is 465 g/mol. The fraction of sp³-hybridized carbons (Fsp3) is 0.217. The van der Waals surface area contributed by atoms with Gasteiger partial charge in [0.05, 0.1) is 22.7 Å². The highest BCUT2D eigenvalue weighted by Crippen LogP contribution is 2.40. The lowest BCUT2D eigenvalue weighted by Gasteiger charge is -2.31. The third-order valence-corrected chi connectivity index (χ3v) is 7.09. The fourth-order valence-electron chi connectivity index (χ4n) is 3.60. The number of hydrogen-bond acceptors (Lipinski definition) is 3. The van der Waals surface area contributed by atoms with Gasteiger partial charge in [0.15, 0.2) is 0 Å². The maximum absolute atomic E-state index is 14.6. The van der Waals surface area contributed by atoms with E-state index in [2.05, 4.69) is 0 Å². The van der Waals surface area contributed by atoms with E-state index >= 15 is 0 Å². The van der Waals surface area contributed by atoms with Crippen molar-refractivity contribution < 1.29 is 30.7 Å². The second-order valence-electron chi connectivity index (χ2n) is 7.39. The van der Waals surface area contributed by atoms with Crippen molar-refractivity contribution in [2.45, 2.75) is 19.5 Å². The molecule has 0 bridgehead atoms. The summed E-state index contributed by atoms with van der Waals surface area (Å²) in [5.74, 6) is -0.183. The van der Waals surface area contributed by atoms with Crippen LogP contribution in [-0.4, -0.2) is 27.7 Å². The quantitative estimate of drug-likeness (QED) is 0.550. The van der Waals surface area contributed by atoms with Crippen molar-refractivity contribution in [3.05, 3.63) is 82.6 Å². The predicted octanol–water partition coefficient (Wildman–Crippen LogP) is 5.66. The Kier molecular flexibility index (Phi) is 5.62. The van der Waals surface area contributed by atoms with Crippen molar-refractivity contribution in [2.75, 3.05) is 17.5 Å². The summed E-state index contributed by atoms with van der Waals surface area (Å²) >= 11 is 0. The van der Waals surface area contributed by atoms with E-state index in [0.717, 1.165) is 10.4 Å². The highest BCUT2D eigenvalue weighted by molar-refractivity contribution is 7.96. The summed E-state index contributed by atoms with van der Waals surface area (Å²) in [6.45, 7) is 1.56. The topological polar surface area (TPSA) is 46.6 Å². The Labute approximate surface area is 183 Å². The van der Waals surface area contributed by atoms with Gasteiger partial charge in [-0.05, 0) is 42.7 Å². The van der Waals surface area contributed by atoms with Crippen molar-refractivity contribution in [1.29, 1.82) is 0 Å². The van der Waals surface area contributed by atoms with Crippen LogP contribution in [0.15, 0.2) is 71.2 Å². The molecule has 32 heavy (non-hydrogen) atoms. The van der Waals surface area contributed by atoms with Crippen molar-refractivity contribution in [2.24, 2.45) is 0 Å². The van der Waals surface area contributed by atoms with Crippen molar-refractivity contribution >= 4 is 15.7 Å². The summed E-state index contributed by atoms with van der Waals surface area (Å²) in [6.07, 6.45) is -0.648. The van der Waals surface area contributed by atoms with Gasteiger partial charge in [-0.15, -0.1) is 0 Å². The Morgan fingerprint density at radius 3 is 2.66 bits per heavy atom. The second-order valence-corrected chi connectivity index (χ2v) is 9.25. The van der Waals surface area contributed by atoms with Crippen LogP contribution in [0.4, 0.5) is 23.2 Å². The number of nitrogens with zero attached hydrogens (tertiary/aromatic N) is 1. The third-order valence-electron chi connectivity index (χ3n) is 5.25. The lowest BCUT2D eigenvalue weighted by molar-refractivity contribution is -0.0881. The molecule has 168 valence electrons. The standard InChI is InChI=1S/C23H19F4NO3S/c1-15-5-4-8-19(22(15)24)16-9-10-21-20(13-16)28(11-12-31-21)32(29,30)18-7-3-2-6-17(14-18)23(25,26)27/h2,4-10,13-14H,3,11-12H2,1H3. The van der Waals surface area contributed by atoms with Gasteiger partial charge in [0.1, 0.15) is 18.2 Å². The summed E-state index contributed by atoms with van der Waals surface area (Å²) in [5, 5.41) is 0. The molecule has 0 saturated carbocycles. The molecule has 2 aromatic carbocycles. The highest BCUT2D eigenvalue weighted by atomic mass is 32.2. The summed E-state index contributed by atoms with van der Waals surface area (Å²) in [7, 11) is -4.33. The van der Waals surface area contributed by atoms with Crippen LogP contribution in [-0.2, 0) is 10.0 Å². The first kappa shape index (κ1) is 22.1.